The minimum absolute atomic E-state index is 0.763. The first-order valence-electron chi connectivity index (χ1n) is 6.39. The van der Waals surface area contributed by atoms with Gasteiger partial charge in [-0.3, -0.25) is 0 Å². The lowest BCUT2D eigenvalue weighted by atomic mass is 10.2. The van der Waals surface area contributed by atoms with E-state index in [1.807, 2.05) is 54.6 Å². The molecule has 5 nitrogen and oxygen atoms in total. The second kappa shape index (κ2) is 4.99. The van der Waals surface area contributed by atoms with Gasteiger partial charge in [-0.2, -0.15) is 9.61 Å². The molecule has 0 spiro atoms. The van der Waals surface area contributed by atoms with E-state index in [0.29, 0.717) is 0 Å². The topological polar surface area (TPSA) is 52.3 Å². The highest BCUT2D eigenvalue weighted by molar-refractivity contribution is 7.19. The van der Waals surface area contributed by atoms with Gasteiger partial charge in [-0.15, -0.1) is 10.2 Å². The Hall–Kier alpha value is -2.73. The van der Waals surface area contributed by atoms with E-state index in [9.17, 15) is 0 Å². The van der Waals surface area contributed by atoms with Crippen molar-refractivity contribution in [2.45, 2.75) is 0 Å². The van der Waals surface area contributed by atoms with Gasteiger partial charge in [-0.25, -0.2) is 0 Å². The molecule has 0 aliphatic carbocycles. The van der Waals surface area contributed by atoms with E-state index in [1.54, 1.807) is 10.8 Å². The minimum Gasteiger partial charge on any atom is -0.457 e. The van der Waals surface area contributed by atoms with Gasteiger partial charge >= 0.3 is 0 Å². The third kappa shape index (κ3) is 2.25. The first-order valence-corrected chi connectivity index (χ1v) is 7.21. The molecule has 0 fully saturated rings. The molecule has 0 radical (unpaired) electrons. The molecule has 0 amide bonds. The van der Waals surface area contributed by atoms with Gasteiger partial charge in [0.1, 0.15) is 17.8 Å². The van der Waals surface area contributed by atoms with Gasteiger partial charge in [0.2, 0.25) is 4.96 Å². The Balaban J connectivity index is 1.77. The number of benzene rings is 2. The van der Waals surface area contributed by atoms with Gasteiger partial charge in [0.15, 0.2) is 5.01 Å². The minimum atomic E-state index is 0.763. The molecule has 0 saturated heterocycles. The van der Waals surface area contributed by atoms with Gasteiger partial charge in [0.25, 0.3) is 0 Å². The number of rotatable bonds is 3. The van der Waals surface area contributed by atoms with Crippen LogP contribution in [0.5, 0.6) is 11.5 Å². The predicted molar refractivity (Wildman–Crippen MR) is 80.6 cm³/mol. The Morgan fingerprint density at radius 3 is 2.62 bits per heavy atom. The fourth-order valence-corrected chi connectivity index (χ4v) is 2.87. The third-order valence-corrected chi connectivity index (χ3v) is 3.92. The van der Waals surface area contributed by atoms with Crippen molar-refractivity contribution in [2.24, 2.45) is 0 Å². The highest BCUT2D eigenvalue weighted by atomic mass is 32.1. The molecule has 0 atom stereocenters. The Morgan fingerprint density at radius 2 is 1.76 bits per heavy atom. The second-order valence-electron chi connectivity index (χ2n) is 4.38. The van der Waals surface area contributed by atoms with E-state index < -0.39 is 0 Å². The summed E-state index contributed by atoms with van der Waals surface area (Å²) in [6.07, 6.45) is 1.59. The predicted octanol–water partition coefficient (Wildman–Crippen LogP) is 3.65. The van der Waals surface area contributed by atoms with Gasteiger partial charge in [-0.05, 0) is 24.3 Å². The molecule has 21 heavy (non-hydrogen) atoms. The lowest BCUT2D eigenvalue weighted by Crippen LogP contribution is -1.88. The standard InChI is InChI=1S/C15H10N4OS/c1-2-6-11(7-3-1)20-13-9-5-4-8-12(13)14-18-19-10-16-17-15(19)21-14/h1-10H. The smallest absolute Gasteiger partial charge is 0.234 e. The Bertz CT molecular complexity index is 856. The maximum absolute atomic E-state index is 5.96. The molecule has 4 rings (SSSR count). The lowest BCUT2D eigenvalue weighted by Gasteiger charge is -2.08. The summed E-state index contributed by atoms with van der Waals surface area (Å²) in [5.74, 6) is 1.57. The molecule has 2 aromatic carbocycles. The van der Waals surface area contributed by atoms with Crippen LogP contribution < -0.4 is 4.74 Å². The normalized spacial score (nSPS) is 10.9. The van der Waals surface area contributed by atoms with E-state index >= 15 is 0 Å². The summed E-state index contributed by atoms with van der Waals surface area (Å²) < 4.78 is 7.62. The van der Waals surface area contributed by atoms with Crippen molar-refractivity contribution >= 4 is 16.3 Å². The molecule has 0 saturated carbocycles. The quantitative estimate of drug-likeness (QED) is 0.579. The number of hydrogen-bond acceptors (Lipinski definition) is 5. The molecule has 0 N–H and O–H groups in total. The van der Waals surface area contributed by atoms with Crippen LogP contribution in [0.3, 0.4) is 0 Å². The average Bonchev–Trinajstić information content (AvgIpc) is 3.10. The Morgan fingerprint density at radius 1 is 0.952 bits per heavy atom. The van der Waals surface area contributed by atoms with Crippen LogP contribution in [0.4, 0.5) is 0 Å². The fraction of sp³-hybridized carbons (Fsp3) is 0. The molecule has 6 heteroatoms. The zero-order valence-corrected chi connectivity index (χ0v) is 11.7. The van der Waals surface area contributed by atoms with Crippen LogP contribution in [0.2, 0.25) is 0 Å². The van der Waals surface area contributed by atoms with Crippen LogP contribution in [0.15, 0.2) is 60.9 Å². The highest BCUT2D eigenvalue weighted by Gasteiger charge is 2.12. The number of para-hydroxylation sites is 2. The molecule has 2 aromatic heterocycles. The summed E-state index contributed by atoms with van der Waals surface area (Å²) in [5.41, 5.74) is 0.942. The molecule has 0 bridgehead atoms. The summed E-state index contributed by atoms with van der Waals surface area (Å²) >= 11 is 1.48. The van der Waals surface area contributed by atoms with Crippen molar-refractivity contribution in [3.05, 3.63) is 60.9 Å². The van der Waals surface area contributed by atoms with Gasteiger partial charge < -0.3 is 4.74 Å². The van der Waals surface area contributed by atoms with Crippen molar-refractivity contribution in [3.63, 3.8) is 0 Å². The largest absolute Gasteiger partial charge is 0.457 e. The number of aromatic nitrogens is 4. The monoisotopic (exact) mass is 294 g/mol. The molecule has 0 aliphatic heterocycles. The molecule has 0 unspecified atom stereocenters. The number of hydrogen-bond donors (Lipinski definition) is 0. The van der Waals surface area contributed by atoms with Gasteiger partial charge in [-0.1, -0.05) is 41.7 Å². The van der Waals surface area contributed by atoms with Crippen LogP contribution in [0.25, 0.3) is 15.5 Å². The van der Waals surface area contributed by atoms with Crippen LogP contribution in [-0.2, 0) is 0 Å². The maximum atomic E-state index is 5.96. The van der Waals surface area contributed by atoms with E-state index in [0.717, 1.165) is 27.0 Å². The van der Waals surface area contributed by atoms with Gasteiger partial charge in [0.05, 0.1) is 5.56 Å². The average molecular weight is 294 g/mol. The number of nitrogens with zero attached hydrogens (tertiary/aromatic N) is 4. The summed E-state index contributed by atoms with van der Waals surface area (Å²) in [7, 11) is 0. The molecular weight excluding hydrogens is 284 g/mol. The van der Waals surface area contributed by atoms with Crippen LogP contribution in [0, 0.1) is 0 Å². The fourth-order valence-electron chi connectivity index (χ4n) is 2.02. The lowest BCUT2D eigenvalue weighted by molar-refractivity contribution is 0.484. The van der Waals surface area contributed by atoms with Crippen LogP contribution in [-0.4, -0.2) is 19.8 Å². The number of ether oxygens (including phenoxy) is 1. The summed E-state index contributed by atoms with van der Waals surface area (Å²) in [6.45, 7) is 0. The third-order valence-electron chi connectivity index (χ3n) is 2.98. The summed E-state index contributed by atoms with van der Waals surface area (Å²) in [4.78, 5) is 0.763. The summed E-state index contributed by atoms with van der Waals surface area (Å²) in [6, 6.07) is 17.5. The van der Waals surface area contributed by atoms with Crippen LogP contribution >= 0.6 is 11.3 Å². The molecule has 4 aromatic rings. The first kappa shape index (κ1) is 12.0. The molecule has 0 aliphatic rings. The van der Waals surface area contributed by atoms with Crippen molar-refractivity contribution in [3.8, 4) is 22.1 Å². The van der Waals surface area contributed by atoms with E-state index in [2.05, 4.69) is 15.3 Å². The molecular formula is C15H10N4OS. The van der Waals surface area contributed by atoms with Crippen molar-refractivity contribution in [1.82, 2.24) is 19.8 Å². The second-order valence-corrected chi connectivity index (χ2v) is 5.33. The van der Waals surface area contributed by atoms with E-state index in [4.69, 9.17) is 4.74 Å². The molecule has 2 heterocycles. The maximum Gasteiger partial charge on any atom is 0.234 e. The zero-order chi connectivity index (χ0) is 14.1. The van der Waals surface area contributed by atoms with Crippen molar-refractivity contribution < 1.29 is 4.74 Å². The van der Waals surface area contributed by atoms with Crippen molar-refractivity contribution in [1.29, 1.82) is 0 Å². The Kier molecular flexibility index (Phi) is 2.86. The SMILES string of the molecule is c1ccc(Oc2ccccc2-c2nn3cnnc3s2)cc1. The van der Waals surface area contributed by atoms with Crippen LogP contribution in [0.1, 0.15) is 0 Å². The molecule has 102 valence electrons. The van der Waals surface area contributed by atoms with Gasteiger partial charge in [0, 0.05) is 0 Å². The first-order chi connectivity index (χ1) is 10.4. The number of fused-ring (bicyclic) bond motifs is 1. The van der Waals surface area contributed by atoms with E-state index in [1.165, 1.54) is 11.3 Å². The van der Waals surface area contributed by atoms with Crippen molar-refractivity contribution in [2.75, 3.05) is 0 Å². The summed E-state index contributed by atoms with van der Waals surface area (Å²) in [5, 5.41) is 13.2. The Labute approximate surface area is 124 Å². The van der Waals surface area contributed by atoms with E-state index in [-0.39, 0.29) is 0 Å². The highest BCUT2D eigenvalue weighted by Crippen LogP contribution is 2.35. The zero-order valence-electron chi connectivity index (χ0n) is 10.9.